The van der Waals surface area contributed by atoms with E-state index in [9.17, 15) is 4.79 Å². The number of nitrogens with zero attached hydrogens (tertiary/aromatic N) is 3. The van der Waals surface area contributed by atoms with E-state index in [0.29, 0.717) is 6.54 Å². The molecular formula is C15H24ClN3O2. The molecule has 1 saturated carbocycles. The van der Waals surface area contributed by atoms with Crippen molar-refractivity contribution >= 4 is 17.5 Å². The third-order valence-electron chi connectivity index (χ3n) is 4.38. The minimum atomic E-state index is -0.0310. The molecule has 5 nitrogen and oxygen atoms in total. The number of carbonyl (C=O) groups is 1. The van der Waals surface area contributed by atoms with Crippen LogP contribution in [0.5, 0.6) is 0 Å². The summed E-state index contributed by atoms with van der Waals surface area (Å²) >= 11 is 5.81. The summed E-state index contributed by atoms with van der Waals surface area (Å²) in [6.45, 7) is 2.66. The minimum Gasteiger partial charge on any atom is -0.379 e. The highest BCUT2D eigenvalue weighted by atomic mass is 35.5. The number of carbonyl (C=O) groups excluding carboxylic acids is 1. The van der Waals surface area contributed by atoms with Crippen molar-refractivity contribution in [3.05, 3.63) is 17.5 Å². The van der Waals surface area contributed by atoms with Gasteiger partial charge in [-0.1, -0.05) is 6.92 Å². The maximum absolute atomic E-state index is 12.3. The number of ether oxygens (including phenoxy) is 1. The molecular weight excluding hydrogens is 290 g/mol. The van der Waals surface area contributed by atoms with Gasteiger partial charge in [0, 0.05) is 32.0 Å². The molecule has 0 N–H and O–H groups in total. The lowest BCUT2D eigenvalue weighted by Crippen LogP contribution is -2.45. The first-order valence-corrected chi connectivity index (χ1v) is 8.03. The van der Waals surface area contributed by atoms with Gasteiger partial charge in [0.25, 0.3) is 0 Å². The van der Waals surface area contributed by atoms with E-state index in [1.165, 1.54) is 0 Å². The Morgan fingerprint density at radius 2 is 2.33 bits per heavy atom. The van der Waals surface area contributed by atoms with Gasteiger partial charge in [-0.15, -0.1) is 11.6 Å². The standard InChI is InChI=1S/C15H24ClN3O2/c1-4-12-11(9-17-18(12)2)10-19(15(20)8-16)13-6-5-7-14(13)21-3/h9,13-14H,4-8,10H2,1-3H3/t13-,14+/m1/s1. The van der Waals surface area contributed by atoms with E-state index < -0.39 is 0 Å². The average Bonchev–Trinajstić information content (AvgIpc) is 3.10. The van der Waals surface area contributed by atoms with Gasteiger partial charge < -0.3 is 9.64 Å². The first-order valence-electron chi connectivity index (χ1n) is 7.50. The summed E-state index contributed by atoms with van der Waals surface area (Å²) in [7, 11) is 3.65. The van der Waals surface area contributed by atoms with Gasteiger partial charge in [-0.25, -0.2) is 0 Å². The van der Waals surface area contributed by atoms with Crippen LogP contribution in [0.2, 0.25) is 0 Å². The normalized spacial score (nSPS) is 21.7. The van der Waals surface area contributed by atoms with Crippen molar-refractivity contribution in [2.45, 2.75) is 51.3 Å². The van der Waals surface area contributed by atoms with Crippen LogP contribution in [0.3, 0.4) is 0 Å². The fourth-order valence-electron chi connectivity index (χ4n) is 3.28. The van der Waals surface area contributed by atoms with Crippen molar-refractivity contribution in [1.29, 1.82) is 0 Å². The van der Waals surface area contributed by atoms with Crippen LogP contribution in [-0.4, -0.2) is 45.7 Å². The molecule has 1 heterocycles. The van der Waals surface area contributed by atoms with E-state index in [4.69, 9.17) is 16.3 Å². The van der Waals surface area contributed by atoms with Gasteiger partial charge in [0.1, 0.15) is 5.88 Å². The molecule has 0 spiro atoms. The van der Waals surface area contributed by atoms with Crippen LogP contribution in [0.25, 0.3) is 0 Å². The number of alkyl halides is 1. The third kappa shape index (κ3) is 3.40. The second-order valence-corrected chi connectivity index (χ2v) is 5.79. The molecule has 0 bridgehead atoms. The lowest BCUT2D eigenvalue weighted by Gasteiger charge is -2.32. The van der Waals surface area contributed by atoms with Gasteiger partial charge in [0.05, 0.1) is 18.3 Å². The number of aromatic nitrogens is 2. The van der Waals surface area contributed by atoms with Crippen LogP contribution in [0.15, 0.2) is 6.20 Å². The lowest BCUT2D eigenvalue weighted by atomic mass is 10.1. The Hall–Kier alpha value is -1.07. The van der Waals surface area contributed by atoms with Gasteiger partial charge in [0.15, 0.2) is 0 Å². The van der Waals surface area contributed by atoms with E-state index in [1.807, 2.05) is 22.8 Å². The molecule has 0 radical (unpaired) electrons. The summed E-state index contributed by atoms with van der Waals surface area (Å²) in [5.74, 6) is -0.0224. The van der Waals surface area contributed by atoms with Crippen molar-refractivity contribution in [3.63, 3.8) is 0 Å². The topological polar surface area (TPSA) is 47.4 Å². The molecule has 0 saturated heterocycles. The molecule has 1 amide bonds. The van der Waals surface area contributed by atoms with E-state index in [0.717, 1.165) is 36.9 Å². The molecule has 1 aliphatic rings. The molecule has 0 aromatic carbocycles. The van der Waals surface area contributed by atoms with Gasteiger partial charge >= 0.3 is 0 Å². The number of hydrogen-bond acceptors (Lipinski definition) is 3. The maximum Gasteiger partial charge on any atom is 0.238 e. The second kappa shape index (κ2) is 7.27. The Morgan fingerprint density at radius 1 is 1.57 bits per heavy atom. The van der Waals surface area contributed by atoms with Crippen LogP contribution < -0.4 is 0 Å². The summed E-state index contributed by atoms with van der Waals surface area (Å²) < 4.78 is 7.42. The largest absolute Gasteiger partial charge is 0.379 e. The van der Waals surface area contributed by atoms with Crippen LogP contribution in [0, 0.1) is 0 Å². The van der Waals surface area contributed by atoms with Gasteiger partial charge in [-0.05, 0) is 25.7 Å². The number of rotatable bonds is 6. The minimum absolute atomic E-state index is 0.00859. The number of amides is 1. The fraction of sp³-hybridized carbons (Fsp3) is 0.733. The van der Waals surface area contributed by atoms with E-state index in [-0.39, 0.29) is 23.9 Å². The summed E-state index contributed by atoms with van der Waals surface area (Å²) in [4.78, 5) is 14.2. The zero-order valence-electron chi connectivity index (χ0n) is 13.0. The van der Waals surface area contributed by atoms with Crippen molar-refractivity contribution < 1.29 is 9.53 Å². The highest BCUT2D eigenvalue weighted by Gasteiger charge is 2.35. The SMILES string of the molecule is CCc1c(CN(C(=O)CCl)[C@@H]2CCC[C@@H]2OC)cnn1C. The maximum atomic E-state index is 12.3. The van der Waals surface area contributed by atoms with Crippen molar-refractivity contribution in [1.82, 2.24) is 14.7 Å². The second-order valence-electron chi connectivity index (χ2n) is 5.52. The van der Waals surface area contributed by atoms with Crippen molar-refractivity contribution in [3.8, 4) is 0 Å². The molecule has 2 atom stereocenters. The first-order chi connectivity index (χ1) is 10.1. The molecule has 21 heavy (non-hydrogen) atoms. The van der Waals surface area contributed by atoms with Crippen LogP contribution >= 0.6 is 11.6 Å². The Bertz CT molecular complexity index is 489. The zero-order chi connectivity index (χ0) is 15.4. The number of methoxy groups -OCH3 is 1. The van der Waals surface area contributed by atoms with Gasteiger partial charge in [-0.2, -0.15) is 5.10 Å². The number of hydrogen-bond donors (Lipinski definition) is 0. The van der Waals surface area contributed by atoms with E-state index in [1.54, 1.807) is 7.11 Å². The van der Waals surface area contributed by atoms with Crippen molar-refractivity contribution in [2.24, 2.45) is 7.05 Å². The highest BCUT2D eigenvalue weighted by molar-refractivity contribution is 6.27. The van der Waals surface area contributed by atoms with Crippen LogP contribution in [0.4, 0.5) is 0 Å². The summed E-state index contributed by atoms with van der Waals surface area (Å²) in [6, 6.07) is 0.117. The molecule has 0 unspecified atom stereocenters. The quantitative estimate of drug-likeness (QED) is 0.756. The first kappa shape index (κ1) is 16.3. The third-order valence-corrected chi connectivity index (χ3v) is 4.61. The number of aryl methyl sites for hydroxylation is 1. The molecule has 1 aliphatic carbocycles. The predicted octanol–water partition coefficient (Wildman–Crippen LogP) is 2.12. The zero-order valence-corrected chi connectivity index (χ0v) is 13.8. The molecule has 2 rings (SSSR count). The Kier molecular flexibility index (Phi) is 5.65. The van der Waals surface area contributed by atoms with Crippen LogP contribution in [-0.2, 0) is 29.5 Å². The molecule has 6 heteroatoms. The van der Waals surface area contributed by atoms with Gasteiger partial charge in [-0.3, -0.25) is 9.48 Å². The van der Waals surface area contributed by atoms with E-state index >= 15 is 0 Å². The molecule has 0 aliphatic heterocycles. The molecule has 118 valence electrons. The van der Waals surface area contributed by atoms with Gasteiger partial charge in [0.2, 0.25) is 5.91 Å². The lowest BCUT2D eigenvalue weighted by molar-refractivity contribution is -0.134. The Balaban J connectivity index is 2.22. The predicted molar refractivity (Wildman–Crippen MR) is 82.3 cm³/mol. The fourth-order valence-corrected chi connectivity index (χ4v) is 3.44. The summed E-state index contributed by atoms with van der Waals surface area (Å²) in [6.07, 6.45) is 5.92. The highest BCUT2D eigenvalue weighted by Crippen LogP contribution is 2.28. The summed E-state index contributed by atoms with van der Waals surface area (Å²) in [5.41, 5.74) is 2.26. The Morgan fingerprint density at radius 3 is 2.95 bits per heavy atom. The molecule has 1 aromatic heterocycles. The molecule has 1 fully saturated rings. The molecule has 1 aromatic rings. The van der Waals surface area contributed by atoms with Crippen molar-refractivity contribution in [2.75, 3.05) is 13.0 Å². The average molecular weight is 314 g/mol. The monoisotopic (exact) mass is 313 g/mol. The summed E-state index contributed by atoms with van der Waals surface area (Å²) in [5, 5.41) is 4.31. The van der Waals surface area contributed by atoms with E-state index in [2.05, 4.69) is 12.0 Å². The number of halogens is 1. The smallest absolute Gasteiger partial charge is 0.238 e. The Labute approximate surface area is 131 Å². The van der Waals surface area contributed by atoms with Crippen LogP contribution in [0.1, 0.15) is 37.4 Å².